The monoisotopic (exact) mass is 288 g/mol. The van der Waals surface area contributed by atoms with Gasteiger partial charge in [-0.05, 0) is 24.5 Å². The fourth-order valence-corrected chi connectivity index (χ4v) is 3.02. The highest BCUT2D eigenvalue weighted by Crippen LogP contribution is 2.26. The summed E-state index contributed by atoms with van der Waals surface area (Å²) >= 11 is 1.48. The van der Waals surface area contributed by atoms with Crippen LogP contribution >= 0.6 is 11.3 Å². The number of anilines is 1. The Hall–Kier alpha value is -1.68. The molecule has 0 N–H and O–H groups in total. The molecule has 2 aromatic rings. The SMILES string of the molecule is CCCc1nc(N(C)Cc2ccccc2C)sc1C=O. The Balaban J connectivity index is 2.19. The summed E-state index contributed by atoms with van der Waals surface area (Å²) in [7, 11) is 2.02. The second kappa shape index (κ2) is 6.66. The molecule has 2 rings (SSSR count). The molecule has 0 fully saturated rings. The van der Waals surface area contributed by atoms with E-state index in [-0.39, 0.29) is 0 Å². The first-order chi connectivity index (χ1) is 9.65. The summed E-state index contributed by atoms with van der Waals surface area (Å²) in [6.07, 6.45) is 2.79. The molecule has 0 amide bonds. The van der Waals surface area contributed by atoms with Crippen molar-refractivity contribution in [2.24, 2.45) is 0 Å². The summed E-state index contributed by atoms with van der Waals surface area (Å²) in [6.45, 7) is 5.03. The average Bonchev–Trinajstić information content (AvgIpc) is 2.85. The van der Waals surface area contributed by atoms with Gasteiger partial charge >= 0.3 is 0 Å². The number of carbonyl (C=O) groups excluding carboxylic acids is 1. The molecular weight excluding hydrogens is 268 g/mol. The first-order valence-corrected chi connectivity index (χ1v) is 7.67. The number of hydrogen-bond donors (Lipinski definition) is 0. The van der Waals surface area contributed by atoms with E-state index in [0.29, 0.717) is 0 Å². The molecule has 1 aromatic carbocycles. The Labute approximate surface area is 124 Å². The van der Waals surface area contributed by atoms with Crippen molar-refractivity contribution in [3.63, 3.8) is 0 Å². The number of rotatable bonds is 6. The van der Waals surface area contributed by atoms with Crippen LogP contribution in [0.1, 0.15) is 39.8 Å². The summed E-state index contributed by atoms with van der Waals surface area (Å²) in [5.41, 5.74) is 3.49. The predicted octanol–water partition coefficient (Wildman–Crippen LogP) is 3.85. The van der Waals surface area contributed by atoms with Crippen molar-refractivity contribution in [1.82, 2.24) is 4.98 Å². The third-order valence-electron chi connectivity index (χ3n) is 3.31. The average molecular weight is 288 g/mol. The molecular formula is C16H20N2OS. The molecule has 20 heavy (non-hydrogen) atoms. The number of benzene rings is 1. The molecule has 0 bridgehead atoms. The van der Waals surface area contributed by atoms with Crippen LogP contribution in [-0.2, 0) is 13.0 Å². The van der Waals surface area contributed by atoms with Crippen molar-refractivity contribution < 1.29 is 4.79 Å². The van der Waals surface area contributed by atoms with Gasteiger partial charge in [0.1, 0.15) is 0 Å². The smallest absolute Gasteiger partial charge is 0.186 e. The summed E-state index contributed by atoms with van der Waals surface area (Å²) in [5.74, 6) is 0. The normalized spacial score (nSPS) is 10.6. The number of thiazole rings is 1. The number of aromatic nitrogens is 1. The summed E-state index contributed by atoms with van der Waals surface area (Å²) in [5, 5.41) is 0.916. The van der Waals surface area contributed by atoms with Crippen LogP contribution in [0.2, 0.25) is 0 Å². The van der Waals surface area contributed by atoms with Crippen LogP contribution in [0.25, 0.3) is 0 Å². The lowest BCUT2D eigenvalue weighted by Crippen LogP contribution is -2.16. The molecule has 0 saturated carbocycles. The maximum atomic E-state index is 11.1. The fraction of sp³-hybridized carbons (Fsp3) is 0.375. The van der Waals surface area contributed by atoms with Gasteiger partial charge in [0.05, 0.1) is 10.6 Å². The topological polar surface area (TPSA) is 33.2 Å². The van der Waals surface area contributed by atoms with Gasteiger partial charge < -0.3 is 4.90 Å². The molecule has 106 valence electrons. The Bertz CT molecular complexity index is 592. The van der Waals surface area contributed by atoms with Gasteiger partial charge in [-0.2, -0.15) is 0 Å². The molecule has 0 unspecified atom stereocenters. The molecule has 1 heterocycles. The third kappa shape index (κ3) is 3.25. The van der Waals surface area contributed by atoms with Crippen molar-refractivity contribution >= 4 is 22.8 Å². The summed E-state index contributed by atoms with van der Waals surface area (Å²) in [4.78, 5) is 18.6. The zero-order valence-electron chi connectivity index (χ0n) is 12.2. The molecule has 4 heteroatoms. The molecule has 0 aliphatic heterocycles. The molecule has 0 saturated heterocycles. The first-order valence-electron chi connectivity index (χ1n) is 6.86. The maximum absolute atomic E-state index is 11.1. The van der Waals surface area contributed by atoms with Crippen molar-refractivity contribution in [1.29, 1.82) is 0 Å². The number of aryl methyl sites for hydroxylation is 2. The highest BCUT2D eigenvalue weighted by molar-refractivity contribution is 7.17. The molecule has 0 atom stereocenters. The fourth-order valence-electron chi connectivity index (χ4n) is 2.13. The van der Waals surface area contributed by atoms with E-state index < -0.39 is 0 Å². The highest BCUT2D eigenvalue weighted by atomic mass is 32.1. The van der Waals surface area contributed by atoms with Crippen LogP contribution in [0.4, 0.5) is 5.13 Å². The third-order valence-corrected chi connectivity index (χ3v) is 4.44. The quantitative estimate of drug-likeness (QED) is 0.757. The van der Waals surface area contributed by atoms with Crippen LogP contribution in [0.15, 0.2) is 24.3 Å². The van der Waals surface area contributed by atoms with E-state index in [9.17, 15) is 4.79 Å². The van der Waals surface area contributed by atoms with Crippen molar-refractivity contribution in [2.75, 3.05) is 11.9 Å². The van der Waals surface area contributed by atoms with E-state index in [1.54, 1.807) is 0 Å². The standard InChI is InChI=1S/C16H20N2OS/c1-4-7-14-15(11-19)20-16(17-14)18(3)10-13-9-6-5-8-12(13)2/h5-6,8-9,11H,4,7,10H2,1-3H3. The minimum Gasteiger partial charge on any atom is -0.347 e. The van der Waals surface area contributed by atoms with Crippen molar-refractivity contribution in [3.05, 3.63) is 46.0 Å². The van der Waals surface area contributed by atoms with Crippen LogP contribution in [0.3, 0.4) is 0 Å². The van der Waals surface area contributed by atoms with Crippen LogP contribution in [0, 0.1) is 6.92 Å². The Morgan fingerprint density at radius 3 is 2.75 bits per heavy atom. The summed E-state index contributed by atoms with van der Waals surface area (Å²) < 4.78 is 0. The van der Waals surface area contributed by atoms with Gasteiger partial charge in [-0.1, -0.05) is 48.9 Å². The second-order valence-electron chi connectivity index (χ2n) is 4.96. The minimum atomic E-state index is 0.762. The molecule has 0 aliphatic carbocycles. The lowest BCUT2D eigenvalue weighted by Gasteiger charge is -2.17. The van der Waals surface area contributed by atoms with Gasteiger partial charge in [-0.25, -0.2) is 4.98 Å². The lowest BCUT2D eigenvalue weighted by atomic mass is 10.1. The lowest BCUT2D eigenvalue weighted by molar-refractivity contribution is 0.112. The van der Waals surface area contributed by atoms with E-state index in [1.807, 2.05) is 13.1 Å². The largest absolute Gasteiger partial charge is 0.347 e. The van der Waals surface area contributed by atoms with Crippen molar-refractivity contribution in [3.8, 4) is 0 Å². The number of carbonyl (C=O) groups is 1. The van der Waals surface area contributed by atoms with E-state index in [4.69, 9.17) is 0 Å². The van der Waals surface area contributed by atoms with Gasteiger partial charge in [0.2, 0.25) is 0 Å². The van der Waals surface area contributed by atoms with Crippen LogP contribution in [-0.4, -0.2) is 18.3 Å². The zero-order chi connectivity index (χ0) is 14.5. The van der Waals surface area contributed by atoms with E-state index in [0.717, 1.165) is 41.4 Å². The maximum Gasteiger partial charge on any atom is 0.186 e. The van der Waals surface area contributed by atoms with E-state index in [2.05, 4.69) is 41.9 Å². The summed E-state index contributed by atoms with van der Waals surface area (Å²) in [6, 6.07) is 8.35. The predicted molar refractivity (Wildman–Crippen MR) is 84.8 cm³/mol. The molecule has 1 aromatic heterocycles. The molecule has 3 nitrogen and oxygen atoms in total. The zero-order valence-corrected chi connectivity index (χ0v) is 13.0. The Morgan fingerprint density at radius 1 is 1.35 bits per heavy atom. The van der Waals surface area contributed by atoms with Gasteiger partial charge in [0.25, 0.3) is 0 Å². The van der Waals surface area contributed by atoms with Gasteiger partial charge in [-0.3, -0.25) is 4.79 Å². The number of nitrogens with zero attached hydrogens (tertiary/aromatic N) is 2. The first kappa shape index (κ1) is 14.7. The van der Waals surface area contributed by atoms with Gasteiger partial charge in [-0.15, -0.1) is 0 Å². The highest BCUT2D eigenvalue weighted by Gasteiger charge is 2.13. The molecule has 0 radical (unpaired) electrons. The second-order valence-corrected chi connectivity index (χ2v) is 5.97. The van der Waals surface area contributed by atoms with Crippen LogP contribution in [0.5, 0.6) is 0 Å². The minimum absolute atomic E-state index is 0.762. The number of aldehydes is 1. The van der Waals surface area contributed by atoms with E-state index in [1.165, 1.54) is 22.5 Å². The van der Waals surface area contributed by atoms with Gasteiger partial charge in [0, 0.05) is 13.6 Å². The molecule has 0 spiro atoms. The Kier molecular flexibility index (Phi) is 4.90. The van der Waals surface area contributed by atoms with E-state index >= 15 is 0 Å². The molecule has 0 aliphatic rings. The Morgan fingerprint density at radius 2 is 2.10 bits per heavy atom. The van der Waals surface area contributed by atoms with Crippen LogP contribution < -0.4 is 4.90 Å². The number of hydrogen-bond acceptors (Lipinski definition) is 4. The van der Waals surface area contributed by atoms with Crippen molar-refractivity contribution in [2.45, 2.75) is 33.2 Å². The van der Waals surface area contributed by atoms with Gasteiger partial charge in [0.15, 0.2) is 11.4 Å².